The molecule has 3 rings (SSSR count). The SMILES string of the molecule is Cc1ccc2c3c(ccnc13)CCCO2. The van der Waals surface area contributed by atoms with Gasteiger partial charge in [-0.2, -0.15) is 0 Å². The predicted molar refractivity (Wildman–Crippen MR) is 60.3 cm³/mol. The van der Waals surface area contributed by atoms with E-state index in [4.69, 9.17) is 4.74 Å². The maximum Gasteiger partial charge on any atom is 0.128 e. The Labute approximate surface area is 88.9 Å². The highest BCUT2D eigenvalue weighted by Crippen LogP contribution is 2.32. The Morgan fingerprint density at radius 1 is 1.27 bits per heavy atom. The molecular weight excluding hydrogens is 186 g/mol. The van der Waals surface area contributed by atoms with E-state index in [0.717, 1.165) is 30.7 Å². The van der Waals surface area contributed by atoms with Gasteiger partial charge in [-0.05, 0) is 43.0 Å². The van der Waals surface area contributed by atoms with E-state index in [1.54, 1.807) is 0 Å². The third kappa shape index (κ3) is 1.29. The number of benzene rings is 1. The van der Waals surface area contributed by atoms with Crippen molar-refractivity contribution in [2.24, 2.45) is 0 Å². The van der Waals surface area contributed by atoms with Crippen molar-refractivity contribution in [1.82, 2.24) is 4.98 Å². The number of ether oxygens (including phenoxy) is 1. The first-order valence-corrected chi connectivity index (χ1v) is 5.36. The Morgan fingerprint density at radius 3 is 3.13 bits per heavy atom. The molecule has 1 aromatic carbocycles. The van der Waals surface area contributed by atoms with E-state index in [2.05, 4.69) is 30.1 Å². The molecule has 1 aromatic heterocycles. The zero-order chi connectivity index (χ0) is 10.3. The lowest BCUT2D eigenvalue weighted by Crippen LogP contribution is -1.94. The van der Waals surface area contributed by atoms with Crippen molar-refractivity contribution in [1.29, 1.82) is 0 Å². The van der Waals surface area contributed by atoms with Crippen LogP contribution in [-0.4, -0.2) is 11.6 Å². The van der Waals surface area contributed by atoms with Gasteiger partial charge in [0, 0.05) is 11.6 Å². The lowest BCUT2D eigenvalue weighted by atomic mass is 10.0. The summed E-state index contributed by atoms with van der Waals surface area (Å²) in [6.07, 6.45) is 4.09. The van der Waals surface area contributed by atoms with Crippen LogP contribution in [0.4, 0.5) is 0 Å². The van der Waals surface area contributed by atoms with Crippen LogP contribution in [0.15, 0.2) is 24.4 Å². The van der Waals surface area contributed by atoms with Gasteiger partial charge < -0.3 is 4.74 Å². The molecule has 0 aliphatic carbocycles. The van der Waals surface area contributed by atoms with Gasteiger partial charge in [-0.3, -0.25) is 4.98 Å². The fourth-order valence-corrected chi connectivity index (χ4v) is 2.21. The molecule has 1 aliphatic heterocycles. The number of nitrogens with zero attached hydrogens (tertiary/aromatic N) is 1. The Hall–Kier alpha value is -1.57. The molecule has 15 heavy (non-hydrogen) atoms. The molecule has 2 heteroatoms. The molecule has 2 nitrogen and oxygen atoms in total. The van der Waals surface area contributed by atoms with Crippen molar-refractivity contribution in [3.05, 3.63) is 35.5 Å². The Morgan fingerprint density at radius 2 is 2.20 bits per heavy atom. The molecule has 0 saturated carbocycles. The van der Waals surface area contributed by atoms with Gasteiger partial charge in [0.15, 0.2) is 0 Å². The minimum atomic E-state index is 0.812. The van der Waals surface area contributed by atoms with Gasteiger partial charge in [0.2, 0.25) is 0 Å². The predicted octanol–water partition coefficient (Wildman–Crippen LogP) is 2.87. The zero-order valence-corrected chi connectivity index (χ0v) is 8.79. The summed E-state index contributed by atoms with van der Waals surface area (Å²) in [6, 6.07) is 6.26. The first kappa shape index (κ1) is 8.72. The molecule has 0 amide bonds. The average Bonchev–Trinajstić information content (AvgIpc) is 2.47. The summed E-state index contributed by atoms with van der Waals surface area (Å²) < 4.78 is 5.74. The fourth-order valence-electron chi connectivity index (χ4n) is 2.21. The standard InChI is InChI=1S/C13H13NO/c1-9-4-5-11-12-10(3-2-8-15-11)6-7-14-13(9)12/h4-7H,2-3,8H2,1H3. The third-order valence-electron chi connectivity index (χ3n) is 2.99. The number of aryl methyl sites for hydroxylation is 2. The van der Waals surface area contributed by atoms with Crippen LogP contribution in [0.2, 0.25) is 0 Å². The van der Waals surface area contributed by atoms with Gasteiger partial charge >= 0.3 is 0 Å². The van der Waals surface area contributed by atoms with E-state index in [0.29, 0.717) is 0 Å². The van der Waals surface area contributed by atoms with Crippen LogP contribution in [-0.2, 0) is 6.42 Å². The molecule has 0 saturated heterocycles. The maximum atomic E-state index is 5.74. The van der Waals surface area contributed by atoms with Gasteiger partial charge in [-0.15, -0.1) is 0 Å². The highest BCUT2D eigenvalue weighted by Gasteiger charge is 2.13. The number of aromatic nitrogens is 1. The minimum absolute atomic E-state index is 0.812. The number of hydrogen-bond acceptors (Lipinski definition) is 2. The van der Waals surface area contributed by atoms with E-state index >= 15 is 0 Å². The molecule has 0 fully saturated rings. The highest BCUT2D eigenvalue weighted by molar-refractivity contribution is 5.90. The molecule has 0 N–H and O–H groups in total. The van der Waals surface area contributed by atoms with Gasteiger partial charge in [0.1, 0.15) is 5.75 Å². The molecule has 76 valence electrons. The zero-order valence-electron chi connectivity index (χ0n) is 8.79. The van der Waals surface area contributed by atoms with Crippen molar-refractivity contribution in [2.45, 2.75) is 19.8 Å². The summed E-state index contributed by atoms with van der Waals surface area (Å²) in [5, 5.41) is 1.22. The van der Waals surface area contributed by atoms with Crippen LogP contribution < -0.4 is 4.74 Å². The van der Waals surface area contributed by atoms with E-state index in [1.165, 1.54) is 16.5 Å². The summed E-state index contributed by atoms with van der Waals surface area (Å²) in [5.41, 5.74) is 3.68. The number of pyridine rings is 1. The smallest absolute Gasteiger partial charge is 0.128 e. The monoisotopic (exact) mass is 199 g/mol. The average molecular weight is 199 g/mol. The van der Waals surface area contributed by atoms with Crippen LogP contribution >= 0.6 is 0 Å². The second kappa shape index (κ2) is 3.23. The van der Waals surface area contributed by atoms with Crippen LogP contribution in [0.5, 0.6) is 5.75 Å². The normalized spacial score (nSPS) is 14.7. The van der Waals surface area contributed by atoms with E-state index < -0.39 is 0 Å². The fraction of sp³-hybridized carbons (Fsp3) is 0.308. The minimum Gasteiger partial charge on any atom is -0.493 e. The lowest BCUT2D eigenvalue weighted by molar-refractivity contribution is 0.319. The van der Waals surface area contributed by atoms with Gasteiger partial charge in [-0.25, -0.2) is 0 Å². The van der Waals surface area contributed by atoms with Crippen LogP contribution in [0, 0.1) is 6.92 Å². The Balaban J connectivity index is 2.44. The molecule has 2 heterocycles. The van der Waals surface area contributed by atoms with E-state index in [9.17, 15) is 0 Å². The second-order valence-corrected chi connectivity index (χ2v) is 4.03. The third-order valence-corrected chi connectivity index (χ3v) is 2.99. The van der Waals surface area contributed by atoms with Gasteiger partial charge in [0.25, 0.3) is 0 Å². The molecule has 2 aromatic rings. The lowest BCUT2D eigenvalue weighted by Gasteiger charge is -2.08. The molecule has 0 spiro atoms. The van der Waals surface area contributed by atoms with Gasteiger partial charge in [-0.1, -0.05) is 6.07 Å². The molecule has 0 bridgehead atoms. The topological polar surface area (TPSA) is 22.1 Å². The van der Waals surface area contributed by atoms with E-state index in [-0.39, 0.29) is 0 Å². The quantitative estimate of drug-likeness (QED) is 0.651. The Kier molecular flexibility index (Phi) is 1.88. The largest absolute Gasteiger partial charge is 0.493 e. The summed E-state index contributed by atoms with van der Waals surface area (Å²) in [7, 11) is 0. The summed E-state index contributed by atoms with van der Waals surface area (Å²) in [5.74, 6) is 0.996. The second-order valence-electron chi connectivity index (χ2n) is 4.03. The number of hydrogen-bond donors (Lipinski definition) is 0. The highest BCUT2D eigenvalue weighted by atomic mass is 16.5. The van der Waals surface area contributed by atoms with Crippen molar-refractivity contribution in [3.8, 4) is 5.75 Å². The van der Waals surface area contributed by atoms with Crippen LogP contribution in [0.1, 0.15) is 17.5 Å². The molecule has 0 radical (unpaired) electrons. The molecule has 0 atom stereocenters. The molecular formula is C13H13NO. The number of rotatable bonds is 0. The van der Waals surface area contributed by atoms with Crippen molar-refractivity contribution in [2.75, 3.05) is 6.61 Å². The van der Waals surface area contributed by atoms with Crippen molar-refractivity contribution in [3.63, 3.8) is 0 Å². The van der Waals surface area contributed by atoms with Crippen LogP contribution in [0.25, 0.3) is 10.9 Å². The first-order chi connectivity index (χ1) is 7.36. The molecule has 1 aliphatic rings. The van der Waals surface area contributed by atoms with E-state index in [1.807, 2.05) is 6.20 Å². The van der Waals surface area contributed by atoms with Crippen LogP contribution in [0.3, 0.4) is 0 Å². The summed E-state index contributed by atoms with van der Waals surface area (Å²) in [4.78, 5) is 4.45. The summed E-state index contributed by atoms with van der Waals surface area (Å²) >= 11 is 0. The van der Waals surface area contributed by atoms with Crippen molar-refractivity contribution < 1.29 is 4.74 Å². The van der Waals surface area contributed by atoms with Crippen molar-refractivity contribution >= 4 is 10.9 Å². The maximum absolute atomic E-state index is 5.74. The first-order valence-electron chi connectivity index (χ1n) is 5.36. The van der Waals surface area contributed by atoms with Gasteiger partial charge in [0.05, 0.1) is 12.1 Å². The molecule has 0 unspecified atom stereocenters. The summed E-state index contributed by atoms with van der Waals surface area (Å²) in [6.45, 7) is 2.91. The Bertz CT molecular complexity index is 507.